The third-order valence-electron chi connectivity index (χ3n) is 3.39. The predicted molar refractivity (Wildman–Crippen MR) is 78.1 cm³/mol. The van der Waals surface area contributed by atoms with E-state index in [9.17, 15) is 13.2 Å². The van der Waals surface area contributed by atoms with Crippen LogP contribution in [0.1, 0.15) is 0 Å². The second-order valence-electron chi connectivity index (χ2n) is 4.72. The first-order chi connectivity index (χ1) is 10.6. The van der Waals surface area contributed by atoms with Gasteiger partial charge in [0.05, 0.1) is 12.8 Å². The molecule has 5 heteroatoms. The molecule has 1 aromatic heterocycles. The van der Waals surface area contributed by atoms with Gasteiger partial charge in [0.25, 0.3) is 0 Å². The van der Waals surface area contributed by atoms with E-state index in [1.54, 1.807) is 0 Å². The molecule has 2 aromatic carbocycles. The van der Waals surface area contributed by atoms with Crippen LogP contribution in [0.3, 0.4) is 0 Å². The number of benzene rings is 2. The number of aromatic amines is 1. The molecule has 3 rings (SSSR count). The lowest BCUT2D eigenvalue weighted by molar-refractivity contribution is 0.417. The Morgan fingerprint density at radius 3 is 2.41 bits per heavy atom. The van der Waals surface area contributed by atoms with Crippen molar-refractivity contribution >= 4 is 0 Å². The Labute approximate surface area is 125 Å². The highest BCUT2D eigenvalue weighted by Gasteiger charge is 2.20. The van der Waals surface area contributed by atoms with E-state index in [1.165, 1.54) is 13.3 Å². The molecule has 0 aliphatic rings. The lowest BCUT2D eigenvalue weighted by Gasteiger charge is -2.09. The number of methoxy groups -OCH3 is 1. The number of rotatable bonds is 3. The summed E-state index contributed by atoms with van der Waals surface area (Å²) < 4.78 is 46.3. The minimum absolute atomic E-state index is 0.181. The number of hydrogen-bond donors (Lipinski definition) is 1. The van der Waals surface area contributed by atoms with Gasteiger partial charge in [-0.05, 0) is 11.6 Å². The fourth-order valence-electron chi connectivity index (χ4n) is 2.41. The van der Waals surface area contributed by atoms with Crippen LogP contribution in [0.4, 0.5) is 13.2 Å². The Morgan fingerprint density at radius 1 is 1.00 bits per heavy atom. The summed E-state index contributed by atoms with van der Waals surface area (Å²) in [4.78, 5) is 2.84. The Kier molecular flexibility index (Phi) is 3.63. The summed E-state index contributed by atoms with van der Waals surface area (Å²) in [5.41, 5.74) is 1.38. The van der Waals surface area contributed by atoms with Gasteiger partial charge in [-0.2, -0.15) is 0 Å². The molecule has 0 unspecified atom stereocenters. The lowest BCUT2D eigenvalue weighted by Crippen LogP contribution is -1.94. The minimum Gasteiger partial charge on any atom is -0.494 e. The van der Waals surface area contributed by atoms with Crippen LogP contribution in [-0.2, 0) is 0 Å². The zero-order chi connectivity index (χ0) is 15.7. The molecule has 22 heavy (non-hydrogen) atoms. The second-order valence-corrected chi connectivity index (χ2v) is 4.72. The third-order valence-corrected chi connectivity index (χ3v) is 3.39. The van der Waals surface area contributed by atoms with Crippen LogP contribution >= 0.6 is 0 Å². The van der Waals surface area contributed by atoms with E-state index in [4.69, 9.17) is 4.74 Å². The zero-order valence-electron chi connectivity index (χ0n) is 11.7. The molecule has 0 aliphatic carbocycles. The van der Waals surface area contributed by atoms with Gasteiger partial charge in [0, 0.05) is 23.4 Å². The Morgan fingerprint density at radius 2 is 1.73 bits per heavy atom. The van der Waals surface area contributed by atoms with Gasteiger partial charge in [0.2, 0.25) is 0 Å². The molecule has 0 bridgehead atoms. The molecular weight excluding hydrogens is 291 g/mol. The van der Waals surface area contributed by atoms with Crippen LogP contribution in [-0.4, -0.2) is 12.1 Å². The summed E-state index contributed by atoms with van der Waals surface area (Å²) in [5, 5.41) is 0. The summed E-state index contributed by atoms with van der Waals surface area (Å²) in [7, 11) is 1.47. The molecular formula is C17H12F3NO. The molecule has 1 heterocycles. The van der Waals surface area contributed by atoms with Crippen LogP contribution in [0.15, 0.2) is 48.7 Å². The van der Waals surface area contributed by atoms with Crippen molar-refractivity contribution in [1.29, 1.82) is 0 Å². The summed E-state index contributed by atoms with van der Waals surface area (Å²) in [6.45, 7) is 0. The molecule has 0 aliphatic heterocycles. The highest BCUT2D eigenvalue weighted by atomic mass is 19.2. The molecule has 0 saturated carbocycles. The normalized spacial score (nSPS) is 10.7. The number of ether oxygens (including phenoxy) is 1. The maximum absolute atomic E-state index is 14.1. The summed E-state index contributed by atoms with van der Waals surface area (Å²) in [6.07, 6.45) is 1.53. The molecule has 0 spiro atoms. The number of H-pyrrole nitrogens is 1. The first-order valence-electron chi connectivity index (χ1n) is 6.57. The van der Waals surface area contributed by atoms with E-state index in [0.717, 1.165) is 11.6 Å². The molecule has 0 amide bonds. The fourth-order valence-corrected chi connectivity index (χ4v) is 2.41. The molecule has 112 valence electrons. The predicted octanol–water partition coefficient (Wildman–Crippen LogP) is 4.77. The Bertz CT molecular complexity index is 812. The van der Waals surface area contributed by atoms with Gasteiger partial charge in [0.1, 0.15) is 11.6 Å². The molecule has 2 nitrogen and oxygen atoms in total. The monoisotopic (exact) mass is 303 g/mol. The van der Waals surface area contributed by atoms with Crippen molar-refractivity contribution in [2.45, 2.75) is 0 Å². The first kappa shape index (κ1) is 14.3. The number of hydrogen-bond acceptors (Lipinski definition) is 1. The average Bonchev–Trinajstić information content (AvgIpc) is 2.95. The van der Waals surface area contributed by atoms with Crippen molar-refractivity contribution in [3.8, 4) is 28.1 Å². The average molecular weight is 303 g/mol. The maximum Gasteiger partial charge on any atom is 0.168 e. The van der Waals surface area contributed by atoms with Gasteiger partial charge in [-0.3, -0.25) is 0 Å². The smallest absolute Gasteiger partial charge is 0.168 e. The van der Waals surface area contributed by atoms with E-state index >= 15 is 0 Å². The standard InChI is InChI=1S/C17H12F3NO/c1-22-14-9-21-17(15(14)10-5-3-2-4-6-10)12-7-11(18)8-13(19)16(12)20/h2-9,21H,1H3. The summed E-state index contributed by atoms with van der Waals surface area (Å²) in [6, 6.07) is 10.6. The zero-order valence-corrected chi connectivity index (χ0v) is 11.7. The number of aromatic nitrogens is 1. The maximum atomic E-state index is 14.1. The molecule has 1 N–H and O–H groups in total. The number of nitrogens with one attached hydrogen (secondary N) is 1. The van der Waals surface area contributed by atoms with Crippen LogP contribution in [0.5, 0.6) is 5.75 Å². The third kappa shape index (κ3) is 2.35. The molecule has 0 fully saturated rings. The topological polar surface area (TPSA) is 25.0 Å². The molecule has 0 saturated heterocycles. The van der Waals surface area contributed by atoms with Crippen molar-refractivity contribution in [1.82, 2.24) is 4.98 Å². The van der Waals surface area contributed by atoms with Gasteiger partial charge in [-0.1, -0.05) is 30.3 Å². The van der Waals surface area contributed by atoms with Gasteiger partial charge in [-0.25, -0.2) is 13.2 Å². The van der Waals surface area contributed by atoms with Crippen LogP contribution < -0.4 is 4.74 Å². The van der Waals surface area contributed by atoms with E-state index in [1.807, 2.05) is 30.3 Å². The molecule has 0 radical (unpaired) electrons. The van der Waals surface area contributed by atoms with Gasteiger partial charge < -0.3 is 9.72 Å². The van der Waals surface area contributed by atoms with Crippen molar-refractivity contribution in [3.63, 3.8) is 0 Å². The quantitative estimate of drug-likeness (QED) is 0.692. The van der Waals surface area contributed by atoms with E-state index in [2.05, 4.69) is 4.98 Å². The van der Waals surface area contributed by atoms with Crippen LogP contribution in [0.2, 0.25) is 0 Å². The molecule has 3 aromatic rings. The second kappa shape index (κ2) is 5.60. The van der Waals surface area contributed by atoms with Gasteiger partial charge in [0.15, 0.2) is 11.6 Å². The minimum atomic E-state index is -1.23. The van der Waals surface area contributed by atoms with Gasteiger partial charge in [-0.15, -0.1) is 0 Å². The SMILES string of the molecule is COc1c[nH]c(-c2cc(F)cc(F)c2F)c1-c1ccccc1. The lowest BCUT2D eigenvalue weighted by atomic mass is 10.0. The summed E-state index contributed by atoms with van der Waals surface area (Å²) >= 11 is 0. The summed E-state index contributed by atoms with van der Waals surface area (Å²) in [5.74, 6) is -2.72. The van der Waals surface area contributed by atoms with E-state index < -0.39 is 17.5 Å². The first-order valence-corrected chi connectivity index (χ1v) is 6.57. The number of halogens is 3. The van der Waals surface area contributed by atoms with Crippen LogP contribution in [0, 0.1) is 17.5 Å². The fraction of sp³-hybridized carbons (Fsp3) is 0.0588. The van der Waals surface area contributed by atoms with E-state index in [-0.39, 0.29) is 11.3 Å². The Balaban J connectivity index is 2.28. The van der Waals surface area contributed by atoms with Crippen molar-refractivity contribution in [2.24, 2.45) is 0 Å². The van der Waals surface area contributed by atoms with Gasteiger partial charge >= 0.3 is 0 Å². The Hall–Kier alpha value is -2.69. The molecule has 0 atom stereocenters. The van der Waals surface area contributed by atoms with E-state index in [0.29, 0.717) is 17.4 Å². The highest BCUT2D eigenvalue weighted by molar-refractivity contribution is 5.86. The van der Waals surface area contributed by atoms with Crippen molar-refractivity contribution in [3.05, 3.63) is 66.1 Å². The van der Waals surface area contributed by atoms with Crippen LogP contribution in [0.25, 0.3) is 22.4 Å². The van der Waals surface area contributed by atoms with Crippen molar-refractivity contribution < 1.29 is 17.9 Å². The van der Waals surface area contributed by atoms with Crippen molar-refractivity contribution in [2.75, 3.05) is 7.11 Å². The highest BCUT2D eigenvalue weighted by Crippen LogP contribution is 2.40. The largest absolute Gasteiger partial charge is 0.494 e.